The van der Waals surface area contributed by atoms with E-state index in [1.54, 1.807) is 20.4 Å². The lowest BCUT2D eigenvalue weighted by Crippen LogP contribution is -2.45. The minimum atomic E-state index is -0.409. The highest BCUT2D eigenvalue weighted by atomic mass is 16.5. The number of hydrogen-bond acceptors (Lipinski definition) is 5. The Morgan fingerprint density at radius 3 is 3.00 bits per heavy atom. The van der Waals surface area contributed by atoms with Crippen LogP contribution in [0.15, 0.2) is 12.3 Å². The first-order valence-electron chi connectivity index (χ1n) is 6.66. The van der Waals surface area contributed by atoms with Crippen molar-refractivity contribution < 1.29 is 14.3 Å². The van der Waals surface area contributed by atoms with Gasteiger partial charge in [-0.25, -0.2) is 0 Å². The Bertz CT molecular complexity index is 485. The van der Waals surface area contributed by atoms with E-state index in [2.05, 4.69) is 15.6 Å². The quantitative estimate of drug-likeness (QED) is 0.840. The molecule has 1 atom stereocenters. The number of rotatable bonds is 5. The zero-order valence-electron chi connectivity index (χ0n) is 12.2. The van der Waals surface area contributed by atoms with Crippen LogP contribution in [-0.2, 0) is 9.47 Å². The van der Waals surface area contributed by atoms with Crippen LogP contribution >= 0.6 is 0 Å². The second kappa shape index (κ2) is 6.19. The van der Waals surface area contributed by atoms with Gasteiger partial charge in [-0.15, -0.1) is 0 Å². The molecular formula is C14H21N3O3. The van der Waals surface area contributed by atoms with E-state index in [-0.39, 0.29) is 5.91 Å². The van der Waals surface area contributed by atoms with Gasteiger partial charge in [0.05, 0.1) is 17.9 Å². The fourth-order valence-electron chi connectivity index (χ4n) is 2.25. The number of anilines is 1. The molecule has 1 unspecified atom stereocenters. The number of carbonyl (C=O) groups is 1. The van der Waals surface area contributed by atoms with E-state index in [1.807, 2.05) is 13.0 Å². The lowest BCUT2D eigenvalue weighted by molar-refractivity contribution is -0.0148. The summed E-state index contributed by atoms with van der Waals surface area (Å²) >= 11 is 0. The van der Waals surface area contributed by atoms with Crippen LogP contribution in [-0.4, -0.2) is 50.4 Å². The Hall–Kier alpha value is -1.66. The van der Waals surface area contributed by atoms with Crippen molar-refractivity contribution in [1.29, 1.82) is 0 Å². The lowest BCUT2D eigenvalue weighted by atomic mass is 10.0. The van der Waals surface area contributed by atoms with Crippen molar-refractivity contribution in [2.24, 2.45) is 0 Å². The zero-order chi connectivity index (χ0) is 14.6. The SMILES string of the molecule is CNc1cc(C)ncc1C(=O)NCC1(OC)CCOC1. The van der Waals surface area contributed by atoms with Crippen molar-refractivity contribution in [2.45, 2.75) is 18.9 Å². The van der Waals surface area contributed by atoms with Gasteiger partial charge in [0.1, 0.15) is 5.60 Å². The third kappa shape index (κ3) is 3.08. The largest absolute Gasteiger partial charge is 0.387 e. The number of nitrogens with one attached hydrogen (secondary N) is 2. The summed E-state index contributed by atoms with van der Waals surface area (Å²) in [4.78, 5) is 16.4. The van der Waals surface area contributed by atoms with Crippen LogP contribution in [0, 0.1) is 6.92 Å². The molecule has 0 saturated carbocycles. The molecule has 1 saturated heterocycles. The van der Waals surface area contributed by atoms with Crippen molar-refractivity contribution in [3.8, 4) is 0 Å². The maximum Gasteiger partial charge on any atom is 0.255 e. The predicted octanol–water partition coefficient (Wildman–Crippen LogP) is 0.967. The first kappa shape index (κ1) is 14.7. The van der Waals surface area contributed by atoms with Crippen molar-refractivity contribution in [3.05, 3.63) is 23.5 Å². The number of nitrogens with zero attached hydrogens (tertiary/aromatic N) is 1. The Labute approximate surface area is 118 Å². The van der Waals surface area contributed by atoms with Gasteiger partial charge in [0, 0.05) is 45.6 Å². The van der Waals surface area contributed by atoms with Gasteiger partial charge in [-0.05, 0) is 13.0 Å². The summed E-state index contributed by atoms with van der Waals surface area (Å²) in [6, 6.07) is 1.85. The maximum atomic E-state index is 12.3. The lowest BCUT2D eigenvalue weighted by Gasteiger charge is -2.26. The Balaban J connectivity index is 2.05. The van der Waals surface area contributed by atoms with Crippen molar-refractivity contribution >= 4 is 11.6 Å². The summed E-state index contributed by atoms with van der Waals surface area (Å²) in [5.74, 6) is -0.162. The molecule has 0 aromatic carbocycles. The summed E-state index contributed by atoms with van der Waals surface area (Å²) in [7, 11) is 3.43. The molecule has 2 N–H and O–H groups in total. The van der Waals surface area contributed by atoms with Crippen molar-refractivity contribution in [1.82, 2.24) is 10.3 Å². The number of hydrogen-bond donors (Lipinski definition) is 2. The van der Waals surface area contributed by atoms with Gasteiger partial charge in [0.15, 0.2) is 0 Å². The molecule has 0 bridgehead atoms. The van der Waals surface area contributed by atoms with Crippen molar-refractivity contribution in [3.63, 3.8) is 0 Å². The van der Waals surface area contributed by atoms with Gasteiger partial charge < -0.3 is 20.1 Å². The zero-order valence-corrected chi connectivity index (χ0v) is 12.2. The Kier molecular flexibility index (Phi) is 4.57. The van der Waals surface area contributed by atoms with Crippen LogP contribution in [0.1, 0.15) is 22.5 Å². The van der Waals surface area contributed by atoms with Gasteiger partial charge in [-0.1, -0.05) is 0 Å². The molecule has 1 aromatic heterocycles. The van der Waals surface area contributed by atoms with E-state index in [0.717, 1.165) is 17.8 Å². The van der Waals surface area contributed by atoms with Gasteiger partial charge >= 0.3 is 0 Å². The molecule has 1 fully saturated rings. The molecule has 0 spiro atoms. The molecule has 0 radical (unpaired) electrons. The number of amides is 1. The second-order valence-electron chi connectivity index (χ2n) is 4.99. The van der Waals surface area contributed by atoms with Gasteiger partial charge in [0.25, 0.3) is 5.91 Å². The van der Waals surface area contributed by atoms with Gasteiger partial charge in [-0.2, -0.15) is 0 Å². The number of ether oxygens (including phenoxy) is 2. The summed E-state index contributed by atoms with van der Waals surface area (Å²) in [6.07, 6.45) is 2.37. The second-order valence-corrected chi connectivity index (χ2v) is 4.99. The van der Waals surface area contributed by atoms with Crippen LogP contribution in [0.3, 0.4) is 0 Å². The number of aryl methyl sites for hydroxylation is 1. The summed E-state index contributed by atoms with van der Waals surface area (Å²) < 4.78 is 10.8. The molecule has 6 heteroatoms. The van der Waals surface area contributed by atoms with E-state index in [4.69, 9.17) is 9.47 Å². The fraction of sp³-hybridized carbons (Fsp3) is 0.571. The number of pyridine rings is 1. The summed E-state index contributed by atoms with van der Waals surface area (Å²) in [5, 5.41) is 5.91. The third-order valence-electron chi connectivity index (χ3n) is 3.63. The molecule has 0 aliphatic carbocycles. The average Bonchev–Trinajstić information content (AvgIpc) is 2.94. The maximum absolute atomic E-state index is 12.3. The monoisotopic (exact) mass is 279 g/mol. The third-order valence-corrected chi connectivity index (χ3v) is 3.63. The molecular weight excluding hydrogens is 258 g/mol. The first-order valence-corrected chi connectivity index (χ1v) is 6.66. The average molecular weight is 279 g/mol. The summed E-state index contributed by atoms with van der Waals surface area (Å²) in [5.41, 5.74) is 1.75. The smallest absolute Gasteiger partial charge is 0.255 e. The number of aromatic nitrogens is 1. The first-order chi connectivity index (χ1) is 9.60. The highest BCUT2D eigenvalue weighted by Gasteiger charge is 2.35. The molecule has 2 rings (SSSR count). The van der Waals surface area contributed by atoms with Crippen LogP contribution in [0.2, 0.25) is 0 Å². The molecule has 2 heterocycles. The summed E-state index contributed by atoms with van der Waals surface area (Å²) in [6.45, 7) is 3.49. The standard InChI is InChI=1S/C14H21N3O3/c1-10-6-12(15-2)11(7-16-10)13(18)17-8-14(19-3)4-5-20-9-14/h6-7H,4-5,8-9H2,1-3H3,(H,15,16)(H,17,18). The van der Waals surface area contributed by atoms with Gasteiger partial charge in [-0.3, -0.25) is 9.78 Å². The molecule has 1 aromatic rings. The fourth-order valence-corrected chi connectivity index (χ4v) is 2.25. The number of methoxy groups -OCH3 is 1. The van der Waals surface area contributed by atoms with E-state index in [1.165, 1.54) is 0 Å². The number of carbonyl (C=O) groups excluding carboxylic acids is 1. The molecule has 110 valence electrons. The van der Waals surface area contributed by atoms with Crippen molar-refractivity contribution in [2.75, 3.05) is 39.2 Å². The highest BCUT2D eigenvalue weighted by Crippen LogP contribution is 2.22. The van der Waals surface area contributed by atoms with Crippen LogP contribution in [0.4, 0.5) is 5.69 Å². The van der Waals surface area contributed by atoms with E-state index in [0.29, 0.717) is 25.3 Å². The molecule has 1 amide bonds. The molecule has 6 nitrogen and oxygen atoms in total. The van der Waals surface area contributed by atoms with Gasteiger partial charge in [0.2, 0.25) is 0 Å². The predicted molar refractivity (Wildman–Crippen MR) is 76.0 cm³/mol. The Morgan fingerprint density at radius 1 is 1.60 bits per heavy atom. The topological polar surface area (TPSA) is 72.5 Å². The van der Waals surface area contributed by atoms with E-state index in [9.17, 15) is 4.79 Å². The minimum Gasteiger partial charge on any atom is -0.387 e. The van der Waals surface area contributed by atoms with E-state index >= 15 is 0 Å². The molecule has 1 aliphatic heterocycles. The van der Waals surface area contributed by atoms with Crippen LogP contribution < -0.4 is 10.6 Å². The van der Waals surface area contributed by atoms with Crippen LogP contribution in [0.5, 0.6) is 0 Å². The molecule has 1 aliphatic rings. The van der Waals surface area contributed by atoms with E-state index < -0.39 is 5.60 Å². The van der Waals surface area contributed by atoms with Crippen LogP contribution in [0.25, 0.3) is 0 Å². The molecule has 20 heavy (non-hydrogen) atoms. The Morgan fingerprint density at radius 2 is 2.40 bits per heavy atom. The highest BCUT2D eigenvalue weighted by molar-refractivity contribution is 5.99. The normalized spacial score (nSPS) is 21.8. The minimum absolute atomic E-state index is 0.162.